The maximum atomic E-state index is 12.7. The van der Waals surface area contributed by atoms with Crippen LogP contribution in [0.3, 0.4) is 0 Å². The molecular weight excluding hydrogens is 340 g/mol. The summed E-state index contributed by atoms with van der Waals surface area (Å²) in [6, 6.07) is 12.2. The maximum absolute atomic E-state index is 12.7. The molecule has 124 valence electrons. The molecule has 25 heavy (non-hydrogen) atoms. The molecule has 2 aromatic carbocycles. The van der Waals surface area contributed by atoms with Crippen molar-refractivity contribution in [3.63, 3.8) is 0 Å². The van der Waals surface area contributed by atoms with Gasteiger partial charge in [0.05, 0.1) is 12.1 Å². The third-order valence-corrected chi connectivity index (χ3v) is 4.07. The second-order valence-corrected chi connectivity index (χ2v) is 5.71. The molecule has 0 radical (unpaired) electrons. The lowest BCUT2D eigenvalue weighted by Gasteiger charge is -2.06. The number of nitrogens with one attached hydrogen (secondary N) is 1. The summed E-state index contributed by atoms with van der Waals surface area (Å²) in [5.41, 5.74) is 1.66. The number of aromatic nitrogens is 1. The van der Waals surface area contributed by atoms with Crippen LogP contribution in [0.25, 0.3) is 17.0 Å². The van der Waals surface area contributed by atoms with Crippen molar-refractivity contribution < 1.29 is 14.6 Å². The van der Waals surface area contributed by atoms with Gasteiger partial charge in [-0.2, -0.15) is 5.26 Å². The molecule has 0 bridgehead atoms. The Labute approximate surface area is 148 Å². The number of benzene rings is 2. The summed E-state index contributed by atoms with van der Waals surface area (Å²) in [5.74, 6) is -0.429. The van der Waals surface area contributed by atoms with E-state index in [9.17, 15) is 15.2 Å². The van der Waals surface area contributed by atoms with Gasteiger partial charge in [-0.15, -0.1) is 0 Å². The van der Waals surface area contributed by atoms with E-state index >= 15 is 0 Å². The second-order valence-electron chi connectivity index (χ2n) is 5.30. The molecule has 0 fully saturated rings. The fraction of sp³-hybridized carbons (Fsp3) is 0.0526. The number of ether oxygens (including phenoxy) is 1. The first kappa shape index (κ1) is 16.6. The van der Waals surface area contributed by atoms with Crippen LogP contribution in [0.5, 0.6) is 11.5 Å². The summed E-state index contributed by atoms with van der Waals surface area (Å²) < 4.78 is 5.04. The van der Waals surface area contributed by atoms with E-state index in [0.29, 0.717) is 11.1 Å². The molecule has 3 rings (SSSR count). The third kappa shape index (κ3) is 3.08. The Morgan fingerprint density at radius 3 is 2.84 bits per heavy atom. The first-order valence-corrected chi connectivity index (χ1v) is 7.72. The largest absolute Gasteiger partial charge is 0.503 e. The molecule has 2 N–H and O–H groups in total. The molecule has 0 aliphatic carbocycles. The van der Waals surface area contributed by atoms with Crippen LogP contribution in [0.15, 0.2) is 48.2 Å². The predicted octanol–water partition coefficient (Wildman–Crippen LogP) is 4.33. The van der Waals surface area contributed by atoms with Crippen LogP contribution in [0.2, 0.25) is 5.02 Å². The zero-order valence-electron chi connectivity index (χ0n) is 13.2. The predicted molar refractivity (Wildman–Crippen MR) is 95.9 cm³/mol. The van der Waals surface area contributed by atoms with Gasteiger partial charge in [-0.3, -0.25) is 4.79 Å². The zero-order valence-corrected chi connectivity index (χ0v) is 14.0. The number of fused-ring (bicyclic) bond motifs is 1. The minimum Gasteiger partial charge on any atom is -0.503 e. The summed E-state index contributed by atoms with van der Waals surface area (Å²) >= 11 is 5.95. The van der Waals surface area contributed by atoms with E-state index in [2.05, 4.69) is 4.98 Å². The first-order chi connectivity index (χ1) is 12.0. The Balaban J connectivity index is 2.06. The number of carbonyl (C=O) groups excluding carboxylic acids is 1. The van der Waals surface area contributed by atoms with Crippen molar-refractivity contribution in [2.24, 2.45) is 0 Å². The van der Waals surface area contributed by atoms with Crippen LogP contribution >= 0.6 is 11.6 Å². The second kappa shape index (κ2) is 6.71. The number of phenols is 1. The van der Waals surface area contributed by atoms with Crippen molar-refractivity contribution in [1.82, 2.24) is 4.98 Å². The van der Waals surface area contributed by atoms with Crippen LogP contribution < -0.4 is 4.74 Å². The molecule has 0 spiro atoms. The Morgan fingerprint density at radius 1 is 1.36 bits per heavy atom. The number of aromatic amines is 1. The molecule has 0 saturated heterocycles. The lowest BCUT2D eigenvalue weighted by atomic mass is 10.0. The van der Waals surface area contributed by atoms with E-state index in [4.69, 9.17) is 16.3 Å². The van der Waals surface area contributed by atoms with Gasteiger partial charge in [0.1, 0.15) is 11.6 Å². The van der Waals surface area contributed by atoms with Gasteiger partial charge in [-0.1, -0.05) is 29.8 Å². The molecule has 1 aromatic heterocycles. The highest BCUT2D eigenvalue weighted by atomic mass is 35.5. The van der Waals surface area contributed by atoms with Crippen LogP contribution in [-0.2, 0) is 0 Å². The number of rotatable bonds is 4. The van der Waals surface area contributed by atoms with Gasteiger partial charge in [-0.25, -0.2) is 0 Å². The molecular formula is C19H13ClN2O3. The van der Waals surface area contributed by atoms with Crippen LogP contribution in [0.4, 0.5) is 0 Å². The summed E-state index contributed by atoms with van der Waals surface area (Å²) in [4.78, 5) is 15.8. The van der Waals surface area contributed by atoms with Crippen molar-refractivity contribution in [2.75, 3.05) is 7.11 Å². The third-order valence-electron chi connectivity index (χ3n) is 3.78. The van der Waals surface area contributed by atoms with E-state index in [-0.39, 0.29) is 22.1 Å². The number of nitrogens with zero attached hydrogens (tertiary/aromatic N) is 1. The fourth-order valence-corrected chi connectivity index (χ4v) is 2.77. The van der Waals surface area contributed by atoms with Crippen molar-refractivity contribution in [1.29, 1.82) is 5.26 Å². The highest BCUT2D eigenvalue weighted by Crippen LogP contribution is 2.35. The Bertz CT molecular complexity index is 1040. The van der Waals surface area contributed by atoms with E-state index in [1.54, 1.807) is 6.20 Å². The van der Waals surface area contributed by atoms with E-state index < -0.39 is 5.78 Å². The number of aromatic hydroxyl groups is 1. The van der Waals surface area contributed by atoms with Gasteiger partial charge in [0.25, 0.3) is 0 Å². The molecule has 5 nitrogen and oxygen atoms in total. The minimum atomic E-state index is -0.400. The summed E-state index contributed by atoms with van der Waals surface area (Å²) in [5, 5.41) is 20.0. The van der Waals surface area contributed by atoms with E-state index in [1.165, 1.54) is 25.3 Å². The van der Waals surface area contributed by atoms with Gasteiger partial charge in [0, 0.05) is 22.7 Å². The van der Waals surface area contributed by atoms with Crippen molar-refractivity contribution in [2.45, 2.75) is 0 Å². The van der Waals surface area contributed by atoms with Gasteiger partial charge in [-0.05, 0) is 29.8 Å². The van der Waals surface area contributed by atoms with Crippen molar-refractivity contribution in [3.05, 3.63) is 64.3 Å². The number of hydrogen-bond donors (Lipinski definition) is 2. The molecule has 0 aliphatic heterocycles. The number of nitriles is 1. The topological polar surface area (TPSA) is 86.1 Å². The molecule has 0 aliphatic rings. The number of hydrogen-bond acceptors (Lipinski definition) is 4. The summed E-state index contributed by atoms with van der Waals surface area (Å²) in [6.45, 7) is 0. The molecule has 0 saturated carbocycles. The fourth-order valence-electron chi connectivity index (χ4n) is 2.55. The lowest BCUT2D eigenvalue weighted by molar-refractivity contribution is 0.104. The van der Waals surface area contributed by atoms with Gasteiger partial charge < -0.3 is 14.8 Å². The first-order valence-electron chi connectivity index (χ1n) is 7.34. The molecule has 0 atom stereocenters. The van der Waals surface area contributed by atoms with Gasteiger partial charge in [0.2, 0.25) is 5.78 Å². The SMILES string of the molecule is COc1cc(/C=C(\C#N)C(=O)c2c[nH]c3ccccc23)cc(Cl)c1O. The van der Waals surface area contributed by atoms with Crippen LogP contribution in [0.1, 0.15) is 15.9 Å². The Kier molecular flexibility index (Phi) is 4.46. The number of para-hydroxylation sites is 1. The zero-order chi connectivity index (χ0) is 18.0. The number of H-pyrrole nitrogens is 1. The number of phenolic OH excluding ortho intramolecular Hbond substituents is 1. The van der Waals surface area contributed by atoms with Gasteiger partial charge >= 0.3 is 0 Å². The number of methoxy groups -OCH3 is 1. The van der Waals surface area contributed by atoms with Crippen molar-refractivity contribution in [3.8, 4) is 17.6 Å². The van der Waals surface area contributed by atoms with E-state index in [0.717, 1.165) is 10.9 Å². The Morgan fingerprint density at radius 2 is 2.12 bits per heavy atom. The monoisotopic (exact) mass is 352 g/mol. The van der Waals surface area contributed by atoms with E-state index in [1.807, 2.05) is 30.3 Å². The standard InChI is InChI=1S/C19H13ClN2O3/c1-25-17-8-11(7-15(20)19(17)24)6-12(9-21)18(23)14-10-22-16-5-3-2-4-13(14)16/h2-8,10,22,24H,1H3/b12-6+. The molecule has 6 heteroatoms. The maximum Gasteiger partial charge on any atom is 0.205 e. The summed E-state index contributed by atoms with van der Waals surface area (Å²) in [6.07, 6.45) is 3.00. The van der Waals surface area contributed by atoms with Crippen molar-refractivity contribution >= 4 is 34.4 Å². The average Bonchev–Trinajstić information content (AvgIpc) is 3.06. The van der Waals surface area contributed by atoms with Crippen LogP contribution in [-0.4, -0.2) is 23.0 Å². The quantitative estimate of drug-likeness (QED) is 0.416. The molecule has 3 aromatic rings. The number of halogens is 1. The minimum absolute atomic E-state index is 0.0476. The lowest BCUT2D eigenvalue weighted by Crippen LogP contribution is -2.01. The summed E-state index contributed by atoms with van der Waals surface area (Å²) in [7, 11) is 1.39. The molecule has 0 amide bonds. The smallest absolute Gasteiger partial charge is 0.205 e. The number of allylic oxidation sites excluding steroid dienone is 1. The molecule has 0 unspecified atom stereocenters. The Hall–Kier alpha value is -3.23. The van der Waals surface area contributed by atoms with Crippen LogP contribution in [0, 0.1) is 11.3 Å². The highest BCUT2D eigenvalue weighted by molar-refractivity contribution is 6.32. The number of ketones is 1. The highest BCUT2D eigenvalue weighted by Gasteiger charge is 2.17. The normalized spacial score (nSPS) is 11.3. The molecule has 1 heterocycles. The van der Waals surface area contributed by atoms with Gasteiger partial charge in [0.15, 0.2) is 11.5 Å². The number of carbonyl (C=O) groups is 1. The number of Topliss-reactive ketones (excluding diaryl/α,β-unsaturated/α-hetero) is 1. The average molecular weight is 353 g/mol.